The van der Waals surface area contributed by atoms with Crippen LogP contribution in [0.1, 0.15) is 32.6 Å². The molecule has 5 heteroatoms. The smallest absolute Gasteiger partial charge is 0.242 e. The van der Waals surface area contributed by atoms with E-state index in [4.69, 9.17) is 5.73 Å². The largest absolute Gasteiger partial charge is 0.347 e. The summed E-state index contributed by atoms with van der Waals surface area (Å²) in [6.07, 6.45) is 4.09. The average molecular weight is 227 g/mol. The Morgan fingerprint density at radius 3 is 2.81 bits per heavy atom. The number of rotatable bonds is 4. The molecule has 0 saturated carbocycles. The summed E-state index contributed by atoms with van der Waals surface area (Å²) in [5, 5.41) is 2.54. The molecule has 3 N–H and O–H groups in total. The van der Waals surface area contributed by atoms with Crippen LogP contribution in [0.2, 0.25) is 0 Å². The van der Waals surface area contributed by atoms with E-state index in [0.717, 1.165) is 32.2 Å². The van der Waals surface area contributed by atoms with Gasteiger partial charge in [0.1, 0.15) is 0 Å². The third-order valence-corrected chi connectivity index (χ3v) is 2.94. The Kier molecular flexibility index (Phi) is 5.25. The van der Waals surface area contributed by atoms with E-state index < -0.39 is 0 Å². The molecule has 1 atom stereocenters. The van der Waals surface area contributed by atoms with Crippen LogP contribution in [-0.2, 0) is 9.59 Å². The minimum absolute atomic E-state index is 0.00773. The lowest BCUT2D eigenvalue weighted by Crippen LogP contribution is -2.48. The van der Waals surface area contributed by atoms with E-state index in [1.165, 1.54) is 6.92 Å². The van der Waals surface area contributed by atoms with E-state index in [-0.39, 0.29) is 24.4 Å². The van der Waals surface area contributed by atoms with Crippen molar-refractivity contribution < 1.29 is 9.59 Å². The molecule has 1 rings (SSSR count). The third-order valence-electron chi connectivity index (χ3n) is 2.94. The Labute approximate surface area is 96.4 Å². The number of nitrogens with two attached hydrogens (primary N) is 1. The molecular formula is C11H21N3O2. The second-order valence-corrected chi connectivity index (χ2v) is 4.22. The third kappa shape index (κ3) is 3.81. The minimum atomic E-state index is -0.166. The van der Waals surface area contributed by atoms with Crippen LogP contribution in [0.5, 0.6) is 0 Å². The quantitative estimate of drug-likeness (QED) is 0.701. The van der Waals surface area contributed by atoms with E-state index in [9.17, 15) is 9.59 Å². The molecule has 1 aliphatic rings. The summed E-state index contributed by atoms with van der Waals surface area (Å²) in [7, 11) is 0. The fraction of sp³-hybridized carbons (Fsp3) is 0.818. The summed E-state index contributed by atoms with van der Waals surface area (Å²) in [5.74, 6) is -0.158. The molecule has 0 bridgehead atoms. The monoisotopic (exact) mass is 227 g/mol. The number of hydrogen-bond donors (Lipinski definition) is 2. The lowest BCUT2D eigenvalue weighted by molar-refractivity contribution is -0.135. The molecule has 0 radical (unpaired) electrons. The van der Waals surface area contributed by atoms with E-state index in [0.29, 0.717) is 6.54 Å². The van der Waals surface area contributed by atoms with Gasteiger partial charge in [-0.2, -0.15) is 0 Å². The van der Waals surface area contributed by atoms with Crippen molar-refractivity contribution in [1.29, 1.82) is 0 Å². The Morgan fingerprint density at radius 2 is 2.19 bits per heavy atom. The SMILES string of the molecule is CC(=O)NCC(=O)N1CCCCC1CCN. The van der Waals surface area contributed by atoms with Crippen LogP contribution < -0.4 is 11.1 Å². The molecule has 16 heavy (non-hydrogen) atoms. The number of piperidine rings is 1. The van der Waals surface area contributed by atoms with Gasteiger partial charge in [0.2, 0.25) is 11.8 Å². The zero-order valence-corrected chi connectivity index (χ0v) is 9.87. The maximum absolute atomic E-state index is 11.9. The minimum Gasteiger partial charge on any atom is -0.347 e. The topological polar surface area (TPSA) is 75.4 Å². The van der Waals surface area contributed by atoms with Gasteiger partial charge in [-0.15, -0.1) is 0 Å². The summed E-state index contributed by atoms with van der Waals surface area (Å²) in [5.41, 5.74) is 5.54. The van der Waals surface area contributed by atoms with E-state index in [1.807, 2.05) is 4.90 Å². The van der Waals surface area contributed by atoms with Gasteiger partial charge in [-0.3, -0.25) is 9.59 Å². The molecule has 0 aromatic heterocycles. The number of carbonyl (C=O) groups excluding carboxylic acids is 2. The van der Waals surface area contributed by atoms with Gasteiger partial charge in [-0.1, -0.05) is 0 Å². The summed E-state index contributed by atoms with van der Waals surface area (Å²) >= 11 is 0. The van der Waals surface area contributed by atoms with Crippen LogP contribution in [0, 0.1) is 0 Å². The van der Waals surface area contributed by atoms with Gasteiger partial charge < -0.3 is 16.0 Å². The van der Waals surface area contributed by atoms with Gasteiger partial charge >= 0.3 is 0 Å². The highest BCUT2D eigenvalue weighted by Crippen LogP contribution is 2.19. The van der Waals surface area contributed by atoms with Crippen LogP contribution in [0.4, 0.5) is 0 Å². The van der Waals surface area contributed by atoms with Crippen molar-refractivity contribution in [2.24, 2.45) is 5.73 Å². The summed E-state index contributed by atoms with van der Waals surface area (Å²) < 4.78 is 0. The number of amides is 2. The Balaban J connectivity index is 2.46. The first-order valence-electron chi connectivity index (χ1n) is 5.89. The average Bonchev–Trinajstić information content (AvgIpc) is 2.27. The second kappa shape index (κ2) is 6.48. The van der Waals surface area contributed by atoms with Gasteiger partial charge in [0.25, 0.3) is 0 Å². The Bertz CT molecular complexity index is 254. The van der Waals surface area contributed by atoms with Crippen molar-refractivity contribution in [1.82, 2.24) is 10.2 Å². The van der Waals surface area contributed by atoms with Crippen LogP contribution >= 0.6 is 0 Å². The molecule has 1 saturated heterocycles. The predicted molar refractivity (Wildman–Crippen MR) is 61.7 cm³/mol. The van der Waals surface area contributed by atoms with Gasteiger partial charge in [0, 0.05) is 19.5 Å². The van der Waals surface area contributed by atoms with Gasteiger partial charge in [-0.25, -0.2) is 0 Å². The van der Waals surface area contributed by atoms with Crippen molar-refractivity contribution in [3.8, 4) is 0 Å². The second-order valence-electron chi connectivity index (χ2n) is 4.22. The fourth-order valence-corrected chi connectivity index (χ4v) is 2.12. The molecule has 1 aliphatic heterocycles. The standard InChI is InChI=1S/C11H21N3O2/c1-9(15)13-8-11(16)14-7-3-2-4-10(14)5-6-12/h10H,2-8,12H2,1H3,(H,13,15). The van der Waals surface area contributed by atoms with Crippen LogP contribution in [-0.4, -0.2) is 42.4 Å². The van der Waals surface area contributed by atoms with Gasteiger partial charge in [0.05, 0.1) is 6.54 Å². The molecule has 5 nitrogen and oxygen atoms in total. The van der Waals surface area contributed by atoms with E-state index in [2.05, 4.69) is 5.32 Å². The number of likely N-dealkylation sites (tertiary alicyclic amines) is 1. The Morgan fingerprint density at radius 1 is 1.44 bits per heavy atom. The summed E-state index contributed by atoms with van der Waals surface area (Å²) in [4.78, 5) is 24.5. The maximum atomic E-state index is 11.9. The molecule has 1 fully saturated rings. The lowest BCUT2D eigenvalue weighted by atomic mass is 9.99. The van der Waals surface area contributed by atoms with E-state index in [1.54, 1.807) is 0 Å². The molecule has 0 spiro atoms. The van der Waals surface area contributed by atoms with Crippen LogP contribution in [0.3, 0.4) is 0 Å². The molecule has 1 heterocycles. The van der Waals surface area contributed by atoms with Crippen molar-refractivity contribution in [2.45, 2.75) is 38.6 Å². The zero-order chi connectivity index (χ0) is 12.0. The highest BCUT2D eigenvalue weighted by atomic mass is 16.2. The highest BCUT2D eigenvalue weighted by Gasteiger charge is 2.25. The zero-order valence-electron chi connectivity index (χ0n) is 9.87. The number of hydrogen-bond acceptors (Lipinski definition) is 3. The normalized spacial score (nSPS) is 20.6. The first-order chi connectivity index (χ1) is 7.65. The van der Waals surface area contributed by atoms with Crippen molar-refractivity contribution in [2.75, 3.05) is 19.6 Å². The number of nitrogens with zero attached hydrogens (tertiary/aromatic N) is 1. The molecule has 0 aromatic rings. The number of nitrogens with one attached hydrogen (secondary N) is 1. The van der Waals surface area contributed by atoms with Crippen molar-refractivity contribution in [3.63, 3.8) is 0 Å². The van der Waals surface area contributed by atoms with Gasteiger partial charge in [0.15, 0.2) is 0 Å². The molecule has 0 aliphatic carbocycles. The first-order valence-corrected chi connectivity index (χ1v) is 5.89. The van der Waals surface area contributed by atoms with Crippen LogP contribution in [0.15, 0.2) is 0 Å². The van der Waals surface area contributed by atoms with Crippen LogP contribution in [0.25, 0.3) is 0 Å². The molecule has 92 valence electrons. The number of carbonyl (C=O) groups is 2. The molecule has 2 amide bonds. The first kappa shape index (κ1) is 13.0. The molecule has 0 aromatic carbocycles. The van der Waals surface area contributed by atoms with Gasteiger partial charge in [-0.05, 0) is 32.2 Å². The predicted octanol–water partition coefficient (Wildman–Crippen LogP) is -0.148. The Hall–Kier alpha value is -1.10. The highest BCUT2D eigenvalue weighted by molar-refractivity contribution is 5.83. The van der Waals surface area contributed by atoms with E-state index >= 15 is 0 Å². The molecular weight excluding hydrogens is 206 g/mol. The van der Waals surface area contributed by atoms with Crippen molar-refractivity contribution in [3.05, 3.63) is 0 Å². The molecule has 1 unspecified atom stereocenters. The summed E-state index contributed by atoms with van der Waals surface area (Å²) in [6, 6.07) is 0.264. The lowest BCUT2D eigenvalue weighted by Gasteiger charge is -2.35. The van der Waals surface area contributed by atoms with Crippen molar-refractivity contribution >= 4 is 11.8 Å². The fourth-order valence-electron chi connectivity index (χ4n) is 2.12. The maximum Gasteiger partial charge on any atom is 0.242 e. The summed E-state index contributed by atoms with van der Waals surface area (Å²) in [6.45, 7) is 2.93.